The predicted molar refractivity (Wildman–Crippen MR) is 93.7 cm³/mol. The fourth-order valence-electron chi connectivity index (χ4n) is 2.48. The van der Waals surface area contributed by atoms with E-state index in [9.17, 15) is 17.6 Å². The van der Waals surface area contributed by atoms with Crippen molar-refractivity contribution in [2.45, 2.75) is 39.7 Å². The molecule has 1 aromatic carbocycles. The van der Waals surface area contributed by atoms with Crippen molar-refractivity contribution in [3.05, 3.63) is 53.3 Å². The van der Waals surface area contributed by atoms with Crippen LogP contribution in [-0.2, 0) is 6.18 Å². The maximum atomic E-state index is 13.9. The molecule has 0 amide bonds. The Bertz CT molecular complexity index is 1000. The van der Waals surface area contributed by atoms with Crippen molar-refractivity contribution in [2.24, 2.45) is 0 Å². The van der Waals surface area contributed by atoms with Crippen molar-refractivity contribution in [3.8, 4) is 23.0 Å². The van der Waals surface area contributed by atoms with Gasteiger partial charge in [0.05, 0.1) is 0 Å². The molecule has 0 aliphatic carbocycles. The molecule has 0 radical (unpaired) electrons. The van der Waals surface area contributed by atoms with Gasteiger partial charge < -0.3 is 14.0 Å². The highest BCUT2D eigenvalue weighted by atomic mass is 19.4. The van der Waals surface area contributed by atoms with Gasteiger partial charge in [-0.05, 0) is 49.2 Å². The average Bonchev–Trinajstić information content (AvgIpc) is 3.13. The highest BCUT2D eigenvalue weighted by Gasteiger charge is 2.38. The van der Waals surface area contributed by atoms with Gasteiger partial charge in [0.1, 0.15) is 5.75 Å². The molecule has 2 aromatic heterocycles. The van der Waals surface area contributed by atoms with E-state index < -0.39 is 24.2 Å². The summed E-state index contributed by atoms with van der Waals surface area (Å²) in [6, 6.07) is 5.92. The van der Waals surface area contributed by atoms with Gasteiger partial charge >= 0.3 is 12.1 Å². The number of rotatable bonds is 6. The van der Waals surface area contributed by atoms with Crippen LogP contribution in [0.1, 0.15) is 30.4 Å². The van der Waals surface area contributed by atoms with E-state index in [0.29, 0.717) is 28.9 Å². The number of nitrogens with zero attached hydrogens (tertiary/aromatic N) is 3. The first-order chi connectivity index (χ1) is 13.7. The molecule has 2 heterocycles. The summed E-state index contributed by atoms with van der Waals surface area (Å²) < 4.78 is 67.3. The van der Waals surface area contributed by atoms with Gasteiger partial charge in [-0.2, -0.15) is 18.2 Å². The van der Waals surface area contributed by atoms with E-state index in [2.05, 4.69) is 19.6 Å². The molecule has 10 heteroatoms. The fraction of sp³-hybridized carbons (Fsp3) is 0.316. The molecule has 6 nitrogen and oxygen atoms in total. The van der Waals surface area contributed by atoms with E-state index in [1.165, 1.54) is 24.4 Å². The van der Waals surface area contributed by atoms with Crippen LogP contribution in [0.3, 0.4) is 0 Å². The third kappa shape index (κ3) is 4.82. The van der Waals surface area contributed by atoms with Crippen LogP contribution in [0.4, 0.5) is 17.6 Å². The molecule has 0 bridgehead atoms. The van der Waals surface area contributed by atoms with Crippen LogP contribution in [0.2, 0.25) is 0 Å². The Morgan fingerprint density at radius 3 is 2.48 bits per heavy atom. The number of ether oxygens (including phenoxy) is 2. The second kappa shape index (κ2) is 8.06. The van der Waals surface area contributed by atoms with Crippen LogP contribution in [0.15, 0.2) is 35.0 Å². The second-order valence-corrected chi connectivity index (χ2v) is 6.27. The van der Waals surface area contributed by atoms with Crippen molar-refractivity contribution in [2.75, 3.05) is 0 Å². The molecule has 0 spiro atoms. The third-order valence-corrected chi connectivity index (χ3v) is 3.90. The molecule has 29 heavy (non-hydrogen) atoms. The molecule has 0 saturated heterocycles. The number of hydrogen-bond acceptors (Lipinski definition) is 6. The highest BCUT2D eigenvalue weighted by molar-refractivity contribution is 5.61. The van der Waals surface area contributed by atoms with Crippen LogP contribution in [0, 0.1) is 19.7 Å². The largest absolute Gasteiger partial charge is 0.471 e. The van der Waals surface area contributed by atoms with Gasteiger partial charge in [-0.25, -0.2) is 9.37 Å². The van der Waals surface area contributed by atoms with E-state index in [0.717, 1.165) is 0 Å². The zero-order chi connectivity index (χ0) is 21.2. The summed E-state index contributed by atoms with van der Waals surface area (Å²) in [4.78, 5) is 7.28. The molecule has 154 valence electrons. The summed E-state index contributed by atoms with van der Waals surface area (Å²) in [6.07, 6.45) is -3.65. The second-order valence-electron chi connectivity index (χ2n) is 6.27. The Hall–Kier alpha value is -3.17. The summed E-state index contributed by atoms with van der Waals surface area (Å²) in [5, 5.41) is 3.37. The predicted octanol–water partition coefficient (Wildman–Crippen LogP) is 5.10. The average molecular weight is 411 g/mol. The monoisotopic (exact) mass is 411 g/mol. The number of pyridine rings is 1. The number of halogens is 4. The van der Waals surface area contributed by atoms with Crippen molar-refractivity contribution in [3.63, 3.8) is 0 Å². The lowest BCUT2D eigenvalue weighted by Crippen LogP contribution is -2.24. The van der Waals surface area contributed by atoms with Gasteiger partial charge in [0.25, 0.3) is 5.88 Å². The van der Waals surface area contributed by atoms with Gasteiger partial charge in [-0.3, -0.25) is 0 Å². The smallest absolute Gasteiger partial charge is 0.455 e. The first kappa shape index (κ1) is 20.6. The zero-order valence-corrected chi connectivity index (χ0v) is 15.7. The topological polar surface area (TPSA) is 70.3 Å². The maximum absolute atomic E-state index is 13.9. The molecule has 1 unspecified atom stereocenters. The summed E-state index contributed by atoms with van der Waals surface area (Å²) >= 11 is 0. The Kier molecular flexibility index (Phi) is 5.71. The molecular formula is C19H17F4N3O3. The van der Waals surface area contributed by atoms with E-state index in [1.807, 2.05) is 0 Å². The molecule has 0 aliphatic rings. The minimum Gasteiger partial charge on any atom is -0.455 e. The Balaban J connectivity index is 1.76. The highest BCUT2D eigenvalue weighted by Crippen LogP contribution is 2.31. The van der Waals surface area contributed by atoms with Crippen LogP contribution in [0.25, 0.3) is 11.4 Å². The first-order valence-corrected chi connectivity index (χ1v) is 8.64. The lowest BCUT2D eigenvalue weighted by atomic mass is 10.1. The van der Waals surface area contributed by atoms with E-state index >= 15 is 0 Å². The van der Waals surface area contributed by atoms with Gasteiger partial charge in [0.2, 0.25) is 12.1 Å². The fourth-order valence-corrected chi connectivity index (χ4v) is 2.48. The Labute approximate surface area is 163 Å². The molecule has 0 N–H and O–H groups in total. The quantitative estimate of drug-likeness (QED) is 0.415. The number of benzene rings is 1. The van der Waals surface area contributed by atoms with E-state index in [1.54, 1.807) is 26.8 Å². The van der Waals surface area contributed by atoms with Crippen molar-refractivity contribution >= 4 is 0 Å². The summed E-state index contributed by atoms with van der Waals surface area (Å²) in [6.45, 7) is 5.16. The van der Waals surface area contributed by atoms with Gasteiger partial charge in [0, 0.05) is 18.2 Å². The lowest BCUT2D eigenvalue weighted by Gasteiger charge is -2.19. The van der Waals surface area contributed by atoms with Crippen LogP contribution < -0.4 is 9.47 Å². The number of aromatic nitrogens is 3. The molecular weight excluding hydrogens is 394 g/mol. The summed E-state index contributed by atoms with van der Waals surface area (Å²) in [7, 11) is 0. The molecule has 0 fully saturated rings. The Morgan fingerprint density at radius 2 is 1.90 bits per heavy atom. The van der Waals surface area contributed by atoms with Crippen LogP contribution in [0.5, 0.6) is 11.6 Å². The molecule has 1 atom stereocenters. The Morgan fingerprint density at radius 1 is 1.14 bits per heavy atom. The van der Waals surface area contributed by atoms with Crippen molar-refractivity contribution in [1.29, 1.82) is 0 Å². The molecule has 3 aromatic rings. The van der Waals surface area contributed by atoms with Crippen LogP contribution >= 0.6 is 0 Å². The first-order valence-electron chi connectivity index (χ1n) is 8.64. The minimum atomic E-state index is -4.72. The van der Waals surface area contributed by atoms with E-state index in [-0.39, 0.29) is 11.7 Å². The SMILES string of the molecule is CCC(Oc1ccc(-c2noc(C(F)(F)F)n2)c(C)c1)Oc1ncc(C)cc1F. The molecule has 3 rings (SSSR count). The number of alkyl halides is 3. The van der Waals surface area contributed by atoms with Gasteiger partial charge in [0.15, 0.2) is 5.82 Å². The summed E-state index contributed by atoms with van der Waals surface area (Å²) in [5.74, 6) is -2.00. The normalized spacial score (nSPS) is 12.7. The third-order valence-electron chi connectivity index (χ3n) is 3.90. The maximum Gasteiger partial charge on any atom is 0.471 e. The van der Waals surface area contributed by atoms with Gasteiger partial charge in [-0.1, -0.05) is 12.1 Å². The molecule has 0 saturated carbocycles. The molecule has 0 aliphatic heterocycles. The number of aryl methyl sites for hydroxylation is 2. The van der Waals surface area contributed by atoms with Gasteiger partial charge in [-0.15, -0.1) is 0 Å². The standard InChI is InChI=1S/C19H17F4N3O3/c1-4-15(28-17-14(20)7-10(2)9-24-17)27-12-5-6-13(11(3)8-12)16-25-18(29-26-16)19(21,22)23/h5-9,15H,4H2,1-3H3. The van der Waals surface area contributed by atoms with Crippen molar-refractivity contribution in [1.82, 2.24) is 15.1 Å². The minimum absolute atomic E-state index is 0.178. The van der Waals surface area contributed by atoms with Crippen LogP contribution in [-0.4, -0.2) is 21.4 Å². The van der Waals surface area contributed by atoms with Crippen molar-refractivity contribution < 1.29 is 31.6 Å². The van der Waals surface area contributed by atoms with E-state index in [4.69, 9.17) is 9.47 Å². The number of hydrogen-bond donors (Lipinski definition) is 0. The lowest BCUT2D eigenvalue weighted by molar-refractivity contribution is -0.159. The summed E-state index contributed by atoms with van der Waals surface area (Å²) in [5.41, 5.74) is 1.58. The zero-order valence-electron chi connectivity index (χ0n) is 15.7.